The molecule has 0 spiro atoms. The molecule has 3 rings (SSSR count). The van der Waals surface area contributed by atoms with Crippen LogP contribution in [0.3, 0.4) is 0 Å². The Morgan fingerprint density at radius 1 is 1.10 bits per heavy atom. The predicted molar refractivity (Wildman–Crippen MR) is 86.8 cm³/mol. The first-order chi connectivity index (χ1) is 10.4. The van der Waals surface area contributed by atoms with Gasteiger partial charge in [-0.05, 0) is 49.1 Å². The number of hydrogen-bond acceptors (Lipinski definition) is 2. The van der Waals surface area contributed by atoms with Crippen LogP contribution in [0.4, 0.5) is 0 Å². The van der Waals surface area contributed by atoms with Gasteiger partial charge in [-0.25, -0.2) is 0 Å². The van der Waals surface area contributed by atoms with Gasteiger partial charge in [0.05, 0.1) is 6.61 Å². The number of rotatable bonds is 5. The van der Waals surface area contributed by atoms with Crippen LogP contribution in [-0.4, -0.2) is 13.7 Å². The van der Waals surface area contributed by atoms with Crippen LogP contribution >= 0.6 is 0 Å². The van der Waals surface area contributed by atoms with Crippen molar-refractivity contribution in [3.63, 3.8) is 0 Å². The molecule has 2 aromatic rings. The molecule has 1 unspecified atom stereocenters. The molecule has 0 fully saturated rings. The fourth-order valence-electron chi connectivity index (χ4n) is 3.17. The minimum absolute atomic E-state index is 0.478. The third-order valence-corrected chi connectivity index (χ3v) is 4.30. The molecule has 0 aromatic heterocycles. The molecular formula is C19H23NO. The summed E-state index contributed by atoms with van der Waals surface area (Å²) in [6, 6.07) is 17.5. The second kappa shape index (κ2) is 6.77. The lowest BCUT2D eigenvalue weighted by atomic mass is 9.87. The topological polar surface area (TPSA) is 21.3 Å². The number of ether oxygens (including phenoxy) is 1. The van der Waals surface area contributed by atoms with Crippen molar-refractivity contribution in [2.75, 3.05) is 13.7 Å². The third-order valence-electron chi connectivity index (χ3n) is 4.30. The fourth-order valence-corrected chi connectivity index (χ4v) is 3.17. The third kappa shape index (κ3) is 3.27. The first kappa shape index (κ1) is 14.2. The molecule has 0 saturated heterocycles. The van der Waals surface area contributed by atoms with E-state index in [2.05, 4.69) is 53.8 Å². The van der Waals surface area contributed by atoms with Crippen molar-refractivity contribution in [3.8, 4) is 5.75 Å². The van der Waals surface area contributed by atoms with Gasteiger partial charge in [0, 0.05) is 12.5 Å². The second-order valence-corrected chi connectivity index (χ2v) is 5.64. The fraction of sp³-hybridized carbons (Fsp3) is 0.368. The summed E-state index contributed by atoms with van der Waals surface area (Å²) in [5.74, 6) is 1.07. The van der Waals surface area contributed by atoms with Crippen molar-refractivity contribution >= 4 is 0 Å². The van der Waals surface area contributed by atoms with Crippen molar-refractivity contribution in [2.24, 2.45) is 0 Å². The van der Waals surface area contributed by atoms with Crippen LogP contribution in [0, 0.1) is 0 Å². The molecule has 1 aliphatic carbocycles. The van der Waals surface area contributed by atoms with Crippen molar-refractivity contribution in [2.45, 2.75) is 31.7 Å². The van der Waals surface area contributed by atoms with Crippen molar-refractivity contribution in [1.82, 2.24) is 5.32 Å². The van der Waals surface area contributed by atoms with Crippen LogP contribution in [0.25, 0.3) is 0 Å². The van der Waals surface area contributed by atoms with Crippen LogP contribution in [0.5, 0.6) is 5.75 Å². The van der Waals surface area contributed by atoms with E-state index in [9.17, 15) is 0 Å². The van der Waals surface area contributed by atoms with Crippen molar-refractivity contribution in [1.29, 1.82) is 0 Å². The molecule has 1 aliphatic rings. The van der Waals surface area contributed by atoms with E-state index in [0.29, 0.717) is 6.04 Å². The molecule has 2 nitrogen and oxygen atoms in total. The van der Waals surface area contributed by atoms with E-state index in [1.54, 1.807) is 0 Å². The molecule has 0 bridgehead atoms. The van der Waals surface area contributed by atoms with Gasteiger partial charge < -0.3 is 10.1 Å². The number of fused-ring (bicyclic) bond motifs is 1. The summed E-state index contributed by atoms with van der Waals surface area (Å²) >= 11 is 0. The predicted octanol–water partition coefficient (Wildman–Crippen LogP) is 3.90. The quantitative estimate of drug-likeness (QED) is 0.897. The molecule has 0 aliphatic heterocycles. The molecule has 2 aromatic carbocycles. The maximum Gasteiger partial charge on any atom is 0.122 e. The van der Waals surface area contributed by atoms with Crippen LogP contribution in [0.15, 0.2) is 48.5 Å². The zero-order valence-electron chi connectivity index (χ0n) is 12.6. The first-order valence-corrected chi connectivity index (χ1v) is 7.84. The molecule has 1 N–H and O–H groups in total. The zero-order valence-corrected chi connectivity index (χ0v) is 12.6. The van der Waals surface area contributed by atoms with Gasteiger partial charge in [0.2, 0.25) is 0 Å². The summed E-state index contributed by atoms with van der Waals surface area (Å²) in [5, 5.41) is 3.41. The molecule has 0 saturated carbocycles. The van der Waals surface area contributed by atoms with Gasteiger partial charge in [-0.2, -0.15) is 0 Å². The van der Waals surface area contributed by atoms with E-state index in [1.807, 2.05) is 7.05 Å². The average Bonchev–Trinajstić information content (AvgIpc) is 2.55. The maximum absolute atomic E-state index is 6.07. The van der Waals surface area contributed by atoms with E-state index < -0.39 is 0 Å². The SMILES string of the molecule is CNC1CCCc2c(OCCc3ccccc3)cccc21. The largest absolute Gasteiger partial charge is 0.493 e. The molecule has 2 heteroatoms. The Hall–Kier alpha value is -1.80. The Morgan fingerprint density at radius 2 is 1.95 bits per heavy atom. The number of benzene rings is 2. The highest BCUT2D eigenvalue weighted by molar-refractivity contribution is 5.43. The maximum atomic E-state index is 6.07. The monoisotopic (exact) mass is 281 g/mol. The Labute approximate surface area is 127 Å². The zero-order chi connectivity index (χ0) is 14.5. The standard InChI is InChI=1S/C19H23NO/c1-20-18-11-5-10-17-16(18)9-6-12-19(17)21-14-13-15-7-3-2-4-8-15/h2-4,6-9,12,18,20H,5,10-11,13-14H2,1H3. The molecule has 0 amide bonds. The lowest BCUT2D eigenvalue weighted by molar-refractivity contribution is 0.315. The van der Waals surface area contributed by atoms with Crippen LogP contribution in [0.1, 0.15) is 35.6 Å². The van der Waals surface area contributed by atoms with Gasteiger partial charge >= 0.3 is 0 Å². The minimum Gasteiger partial charge on any atom is -0.493 e. The van der Waals surface area contributed by atoms with Crippen LogP contribution in [0.2, 0.25) is 0 Å². The van der Waals surface area contributed by atoms with Crippen molar-refractivity contribution in [3.05, 3.63) is 65.2 Å². The molecule has 0 radical (unpaired) electrons. The van der Waals surface area contributed by atoms with Crippen LogP contribution in [-0.2, 0) is 12.8 Å². The molecule has 110 valence electrons. The summed E-state index contributed by atoms with van der Waals surface area (Å²) in [4.78, 5) is 0. The van der Waals surface area contributed by atoms with E-state index in [0.717, 1.165) is 25.2 Å². The molecule has 1 atom stereocenters. The van der Waals surface area contributed by atoms with E-state index in [-0.39, 0.29) is 0 Å². The molecular weight excluding hydrogens is 258 g/mol. The average molecular weight is 281 g/mol. The summed E-state index contributed by atoms with van der Waals surface area (Å²) in [6.07, 6.45) is 4.55. The van der Waals surface area contributed by atoms with E-state index in [1.165, 1.54) is 29.5 Å². The van der Waals surface area contributed by atoms with Gasteiger partial charge in [0.25, 0.3) is 0 Å². The second-order valence-electron chi connectivity index (χ2n) is 5.64. The lowest BCUT2D eigenvalue weighted by Gasteiger charge is -2.26. The highest BCUT2D eigenvalue weighted by Gasteiger charge is 2.21. The summed E-state index contributed by atoms with van der Waals surface area (Å²) in [6.45, 7) is 0.741. The Morgan fingerprint density at radius 3 is 2.76 bits per heavy atom. The number of hydrogen-bond donors (Lipinski definition) is 1. The Kier molecular flexibility index (Phi) is 4.56. The first-order valence-electron chi connectivity index (χ1n) is 7.84. The van der Waals surface area contributed by atoms with Gasteiger partial charge in [0.15, 0.2) is 0 Å². The number of nitrogens with one attached hydrogen (secondary N) is 1. The van der Waals surface area contributed by atoms with Crippen molar-refractivity contribution < 1.29 is 4.74 Å². The van der Waals surface area contributed by atoms with E-state index in [4.69, 9.17) is 4.74 Å². The van der Waals surface area contributed by atoms with Gasteiger partial charge in [-0.3, -0.25) is 0 Å². The minimum atomic E-state index is 0.478. The molecule has 21 heavy (non-hydrogen) atoms. The highest BCUT2D eigenvalue weighted by Crippen LogP contribution is 2.35. The van der Waals surface area contributed by atoms with Crippen LogP contribution < -0.4 is 10.1 Å². The normalized spacial score (nSPS) is 17.3. The van der Waals surface area contributed by atoms with Gasteiger partial charge in [-0.15, -0.1) is 0 Å². The van der Waals surface area contributed by atoms with Gasteiger partial charge in [0.1, 0.15) is 5.75 Å². The summed E-state index contributed by atoms with van der Waals surface area (Å²) in [7, 11) is 2.04. The Balaban J connectivity index is 1.69. The summed E-state index contributed by atoms with van der Waals surface area (Å²) < 4.78 is 6.07. The highest BCUT2D eigenvalue weighted by atomic mass is 16.5. The Bertz CT molecular complexity index is 579. The summed E-state index contributed by atoms with van der Waals surface area (Å²) in [5.41, 5.74) is 4.15. The van der Waals surface area contributed by atoms with Gasteiger partial charge in [-0.1, -0.05) is 42.5 Å². The lowest BCUT2D eigenvalue weighted by Crippen LogP contribution is -2.22. The van der Waals surface area contributed by atoms with E-state index >= 15 is 0 Å². The smallest absolute Gasteiger partial charge is 0.122 e. The molecule has 0 heterocycles.